The van der Waals surface area contributed by atoms with Crippen molar-refractivity contribution >= 4 is 31.2 Å². The third kappa shape index (κ3) is 6.33. The molecule has 158 valence electrons. The first kappa shape index (κ1) is 22.4. The number of hydrazone groups is 1. The van der Waals surface area contributed by atoms with Gasteiger partial charge in [-0.2, -0.15) is 5.10 Å². The molecule has 3 aromatic carbocycles. The second kappa shape index (κ2) is 10.1. The van der Waals surface area contributed by atoms with Crippen molar-refractivity contribution in [3.8, 4) is 0 Å². The molecular weight excluding hydrogens is 400 g/mol. The molecule has 0 N–H and O–H groups in total. The summed E-state index contributed by atoms with van der Waals surface area (Å²) in [5.74, 6) is -0.303. The average Bonchev–Trinajstić information content (AvgIpc) is 2.77. The standard InChI is InChI=1S/C26H28N2O2Si/c1-31(2,3)28(23-17-11-6-12-18-23)27-25(21-13-7-4-8-14-21)19-24(29)20-26(30)22-15-9-5-10-16-22/h4-18H,19-20H2,1-3H3. The van der Waals surface area contributed by atoms with E-state index in [0.29, 0.717) is 11.3 Å². The first-order chi connectivity index (χ1) is 14.8. The molecule has 0 bridgehead atoms. The lowest BCUT2D eigenvalue weighted by Gasteiger charge is -2.32. The number of para-hydroxylation sites is 1. The summed E-state index contributed by atoms with van der Waals surface area (Å²) in [6.07, 6.45) is -0.0233. The van der Waals surface area contributed by atoms with Crippen LogP contribution in [-0.2, 0) is 4.79 Å². The summed E-state index contributed by atoms with van der Waals surface area (Å²) in [6.45, 7) is 6.65. The summed E-state index contributed by atoms with van der Waals surface area (Å²) in [6, 6.07) is 28.7. The second-order valence-electron chi connectivity index (χ2n) is 8.41. The normalized spacial score (nSPS) is 11.8. The van der Waals surface area contributed by atoms with Gasteiger partial charge in [-0.25, -0.2) is 0 Å². The summed E-state index contributed by atoms with van der Waals surface area (Å²) in [5.41, 5.74) is 3.13. The molecule has 0 aromatic heterocycles. The highest BCUT2D eigenvalue weighted by Crippen LogP contribution is 2.23. The Labute approximate surface area is 185 Å². The molecule has 0 saturated carbocycles. The molecule has 3 aromatic rings. The summed E-state index contributed by atoms with van der Waals surface area (Å²) < 4.78 is 2.07. The van der Waals surface area contributed by atoms with Gasteiger partial charge in [0.25, 0.3) is 0 Å². The second-order valence-corrected chi connectivity index (χ2v) is 13.2. The van der Waals surface area contributed by atoms with Gasteiger partial charge in [0, 0.05) is 11.3 Å². The molecule has 0 unspecified atom stereocenters. The third-order valence-electron chi connectivity index (χ3n) is 4.78. The average molecular weight is 429 g/mol. The van der Waals surface area contributed by atoms with E-state index in [9.17, 15) is 9.59 Å². The van der Waals surface area contributed by atoms with E-state index in [0.717, 1.165) is 11.3 Å². The number of hydrogen-bond acceptors (Lipinski definition) is 4. The highest BCUT2D eigenvalue weighted by Gasteiger charge is 2.26. The summed E-state index contributed by atoms with van der Waals surface area (Å²) in [7, 11) is -1.89. The van der Waals surface area contributed by atoms with Gasteiger partial charge in [0.15, 0.2) is 14.0 Å². The smallest absolute Gasteiger partial charge is 0.176 e. The van der Waals surface area contributed by atoms with Crippen LogP contribution in [0.5, 0.6) is 0 Å². The molecule has 0 aliphatic rings. The number of hydrogen-bond donors (Lipinski definition) is 0. The SMILES string of the molecule is C[Si](C)(C)N(N=C(CC(=O)CC(=O)c1ccccc1)c1ccccc1)c1ccccc1. The van der Waals surface area contributed by atoms with Crippen LogP contribution in [0.1, 0.15) is 28.8 Å². The Morgan fingerprint density at radius 3 is 1.71 bits per heavy atom. The van der Waals surface area contributed by atoms with E-state index < -0.39 is 8.24 Å². The topological polar surface area (TPSA) is 49.7 Å². The van der Waals surface area contributed by atoms with Gasteiger partial charge in [0.05, 0.1) is 18.6 Å². The lowest BCUT2D eigenvalue weighted by Crippen LogP contribution is -2.43. The van der Waals surface area contributed by atoms with Crippen molar-refractivity contribution in [1.29, 1.82) is 0 Å². The van der Waals surface area contributed by atoms with Crippen LogP contribution >= 0.6 is 0 Å². The molecule has 0 radical (unpaired) electrons. The van der Waals surface area contributed by atoms with Crippen LogP contribution in [0.3, 0.4) is 0 Å². The Kier molecular flexibility index (Phi) is 7.31. The van der Waals surface area contributed by atoms with Gasteiger partial charge in [0.2, 0.25) is 0 Å². The number of benzene rings is 3. The maximum atomic E-state index is 12.9. The van der Waals surface area contributed by atoms with Gasteiger partial charge < -0.3 is 0 Å². The Morgan fingerprint density at radius 2 is 1.19 bits per heavy atom. The zero-order valence-corrected chi connectivity index (χ0v) is 19.3. The molecule has 0 fully saturated rings. The van der Waals surface area contributed by atoms with Gasteiger partial charge in [-0.15, -0.1) is 0 Å². The van der Waals surface area contributed by atoms with Crippen molar-refractivity contribution in [2.45, 2.75) is 32.5 Å². The van der Waals surface area contributed by atoms with Crippen molar-refractivity contribution in [2.75, 3.05) is 4.67 Å². The van der Waals surface area contributed by atoms with E-state index in [4.69, 9.17) is 5.10 Å². The van der Waals surface area contributed by atoms with Crippen molar-refractivity contribution < 1.29 is 9.59 Å². The molecule has 0 atom stereocenters. The van der Waals surface area contributed by atoms with E-state index in [1.165, 1.54) is 0 Å². The Morgan fingerprint density at radius 1 is 0.710 bits per heavy atom. The van der Waals surface area contributed by atoms with Gasteiger partial charge >= 0.3 is 0 Å². The number of nitrogens with zero attached hydrogens (tertiary/aromatic N) is 2. The Balaban J connectivity index is 1.91. The van der Waals surface area contributed by atoms with Crippen LogP contribution in [-0.4, -0.2) is 25.5 Å². The number of rotatable bonds is 9. The molecule has 0 saturated heterocycles. The number of Topliss-reactive ketones (excluding diaryl/α,β-unsaturated/α-hetero) is 2. The van der Waals surface area contributed by atoms with Crippen molar-refractivity contribution in [3.05, 3.63) is 102 Å². The molecule has 5 heteroatoms. The van der Waals surface area contributed by atoms with Crippen molar-refractivity contribution in [3.63, 3.8) is 0 Å². The fourth-order valence-corrected chi connectivity index (χ4v) is 4.61. The lowest BCUT2D eigenvalue weighted by atomic mass is 10.00. The van der Waals surface area contributed by atoms with Crippen LogP contribution in [0.25, 0.3) is 0 Å². The molecule has 0 aliphatic heterocycles. The van der Waals surface area contributed by atoms with Crippen LogP contribution < -0.4 is 4.67 Å². The van der Waals surface area contributed by atoms with E-state index in [1.807, 2.05) is 66.7 Å². The molecular formula is C26H28N2O2Si. The number of ketones is 2. The summed E-state index contributed by atoms with van der Waals surface area (Å²) >= 11 is 0. The predicted molar refractivity (Wildman–Crippen MR) is 130 cm³/mol. The fourth-order valence-electron chi connectivity index (χ4n) is 3.27. The summed E-state index contributed by atoms with van der Waals surface area (Å²) in [4.78, 5) is 25.4. The first-order valence-electron chi connectivity index (χ1n) is 10.4. The van der Waals surface area contributed by atoms with Gasteiger partial charge in [-0.3, -0.25) is 14.3 Å². The van der Waals surface area contributed by atoms with E-state index in [1.54, 1.807) is 24.3 Å². The zero-order valence-electron chi connectivity index (χ0n) is 18.3. The predicted octanol–water partition coefficient (Wildman–Crippen LogP) is 5.96. The maximum Gasteiger partial charge on any atom is 0.176 e. The molecule has 31 heavy (non-hydrogen) atoms. The molecule has 4 nitrogen and oxygen atoms in total. The number of carbonyl (C=O) groups excluding carboxylic acids is 2. The fraction of sp³-hybridized carbons (Fsp3) is 0.192. The third-order valence-corrected chi connectivity index (χ3v) is 6.41. The van der Waals surface area contributed by atoms with Crippen LogP contribution in [0.4, 0.5) is 5.69 Å². The Bertz CT molecular complexity index is 1040. The minimum atomic E-state index is -1.89. The monoisotopic (exact) mass is 428 g/mol. The quantitative estimate of drug-likeness (QED) is 0.139. The highest BCUT2D eigenvalue weighted by atomic mass is 28.3. The first-order valence-corrected chi connectivity index (χ1v) is 13.9. The van der Waals surface area contributed by atoms with Gasteiger partial charge in [-0.05, 0) is 37.3 Å². The van der Waals surface area contributed by atoms with Crippen molar-refractivity contribution in [2.24, 2.45) is 5.10 Å². The molecule has 0 spiro atoms. The molecule has 0 heterocycles. The maximum absolute atomic E-state index is 12.9. The minimum absolute atomic E-state index is 0.108. The molecule has 3 rings (SSSR count). The van der Waals surface area contributed by atoms with E-state index in [2.05, 4.69) is 24.3 Å². The number of carbonyl (C=O) groups is 2. The van der Waals surface area contributed by atoms with Crippen LogP contribution in [0, 0.1) is 0 Å². The number of anilines is 1. The van der Waals surface area contributed by atoms with Crippen LogP contribution in [0.2, 0.25) is 19.6 Å². The largest absolute Gasteiger partial charge is 0.299 e. The van der Waals surface area contributed by atoms with Crippen molar-refractivity contribution in [1.82, 2.24) is 0 Å². The minimum Gasteiger partial charge on any atom is -0.299 e. The zero-order chi connectivity index (χ0) is 22.3. The van der Waals surface area contributed by atoms with E-state index >= 15 is 0 Å². The van der Waals surface area contributed by atoms with E-state index in [-0.39, 0.29) is 24.4 Å². The Hall–Kier alpha value is -3.31. The lowest BCUT2D eigenvalue weighted by molar-refractivity contribution is -0.117. The van der Waals surface area contributed by atoms with Crippen LogP contribution in [0.15, 0.2) is 96.1 Å². The summed E-state index contributed by atoms with van der Waals surface area (Å²) in [5, 5.41) is 4.99. The molecule has 0 aliphatic carbocycles. The highest BCUT2D eigenvalue weighted by molar-refractivity contribution is 6.79. The van der Waals surface area contributed by atoms with Gasteiger partial charge in [0.1, 0.15) is 5.78 Å². The van der Waals surface area contributed by atoms with Gasteiger partial charge in [-0.1, -0.05) is 78.9 Å². The molecule has 0 amide bonds.